The molecule has 0 aliphatic carbocycles. The van der Waals surface area contributed by atoms with Gasteiger partial charge in [0.25, 0.3) is 5.91 Å². The van der Waals surface area contributed by atoms with Gasteiger partial charge in [0, 0.05) is 6.92 Å². The van der Waals surface area contributed by atoms with Gasteiger partial charge in [-0.1, -0.05) is 30.1 Å². The zero-order chi connectivity index (χ0) is 27.7. The number of aliphatic hydroxyl groups excluding tert-OH is 1. The van der Waals surface area contributed by atoms with Crippen molar-refractivity contribution >= 4 is 45.3 Å². The van der Waals surface area contributed by atoms with E-state index in [2.05, 4.69) is 16.5 Å². The molecule has 3 heterocycles. The first kappa shape index (κ1) is 27.2. The Kier molecular flexibility index (Phi) is 7.79. The van der Waals surface area contributed by atoms with E-state index in [1.54, 1.807) is 45.0 Å². The lowest BCUT2D eigenvalue weighted by atomic mass is 9.95. The smallest absolute Gasteiger partial charge is 0.296 e. The number of carbonyl (C=O) groups excluding carboxylic acids is 3. The average Bonchev–Trinajstić information content (AvgIpc) is 3.50. The number of ether oxygens (including phenoxy) is 2. The molecule has 1 unspecified atom stereocenters. The van der Waals surface area contributed by atoms with Crippen molar-refractivity contribution in [2.24, 2.45) is 0 Å². The van der Waals surface area contributed by atoms with Gasteiger partial charge in [0.15, 0.2) is 28.2 Å². The van der Waals surface area contributed by atoms with Crippen LogP contribution in [0.5, 0.6) is 11.5 Å². The van der Waals surface area contributed by atoms with Gasteiger partial charge in [-0.3, -0.25) is 19.3 Å². The van der Waals surface area contributed by atoms with E-state index in [0.29, 0.717) is 49.8 Å². The molecule has 9 nitrogen and oxygen atoms in total. The molecule has 1 aliphatic rings. The van der Waals surface area contributed by atoms with Crippen molar-refractivity contribution in [3.05, 3.63) is 73.9 Å². The van der Waals surface area contributed by atoms with Crippen LogP contribution in [0.25, 0.3) is 0 Å². The number of amides is 1. The van der Waals surface area contributed by atoms with E-state index in [0.717, 1.165) is 11.3 Å². The number of nitrogens with zero attached hydrogens (tertiary/aromatic N) is 3. The number of benzene rings is 1. The molecule has 11 heteroatoms. The first-order chi connectivity index (χ1) is 18.1. The van der Waals surface area contributed by atoms with Crippen LogP contribution in [0.1, 0.15) is 61.2 Å². The van der Waals surface area contributed by atoms with Crippen molar-refractivity contribution < 1.29 is 29.0 Å². The lowest BCUT2D eigenvalue weighted by Crippen LogP contribution is -2.31. The molecule has 198 valence electrons. The minimum Gasteiger partial charge on any atom is -0.503 e. The third kappa shape index (κ3) is 4.86. The van der Waals surface area contributed by atoms with Crippen LogP contribution in [0.2, 0.25) is 0 Å². The van der Waals surface area contributed by atoms with Gasteiger partial charge in [0.1, 0.15) is 6.61 Å². The largest absolute Gasteiger partial charge is 0.503 e. The predicted molar refractivity (Wildman–Crippen MR) is 146 cm³/mol. The van der Waals surface area contributed by atoms with Gasteiger partial charge in [-0.2, -0.15) is 0 Å². The van der Waals surface area contributed by atoms with E-state index in [9.17, 15) is 19.5 Å². The summed E-state index contributed by atoms with van der Waals surface area (Å²) in [6.07, 6.45) is 1.61. The van der Waals surface area contributed by atoms with Crippen LogP contribution in [0.4, 0.5) is 5.13 Å². The van der Waals surface area contributed by atoms with Crippen molar-refractivity contribution in [1.29, 1.82) is 0 Å². The topological polar surface area (TPSA) is 119 Å². The van der Waals surface area contributed by atoms with Crippen LogP contribution in [0, 0.1) is 20.8 Å². The van der Waals surface area contributed by atoms with Gasteiger partial charge in [-0.25, -0.2) is 9.97 Å². The summed E-state index contributed by atoms with van der Waals surface area (Å²) in [5.74, 6) is -1.29. The highest BCUT2D eigenvalue weighted by atomic mass is 32.1. The monoisotopic (exact) mass is 553 g/mol. The Bertz CT molecular complexity index is 1490. The Labute approximate surface area is 228 Å². The first-order valence-electron chi connectivity index (χ1n) is 11.8. The highest BCUT2D eigenvalue weighted by molar-refractivity contribution is 7.18. The summed E-state index contributed by atoms with van der Waals surface area (Å²) in [6.45, 7) is 12.7. The number of thiazole rings is 2. The highest BCUT2D eigenvalue weighted by Crippen LogP contribution is 2.46. The number of aliphatic hydroxyl groups is 1. The number of hydrogen-bond acceptors (Lipinski definition) is 10. The molecular weight excluding hydrogens is 526 g/mol. The van der Waals surface area contributed by atoms with Gasteiger partial charge in [-0.05, 0) is 45.4 Å². The summed E-state index contributed by atoms with van der Waals surface area (Å²) in [4.78, 5) is 50.2. The lowest BCUT2D eigenvalue weighted by Gasteiger charge is -2.25. The molecule has 1 N–H and O–H groups in total. The first-order valence-corrected chi connectivity index (χ1v) is 13.5. The normalized spacial score (nSPS) is 15.2. The standard InChI is InChI=1S/C27H27N3O6S2/c1-7-11-36-18-10-9-17(12-19(18)35-8-2)21-20(22(32)25-14(4)28-16(6)37-25)23(33)26(34)30(21)27-29-13(3)24(38-27)15(5)31/h7,9-10,12,21,33H,1,8,11H2,2-6H3. The van der Waals surface area contributed by atoms with Crippen LogP contribution < -0.4 is 14.4 Å². The molecule has 0 fully saturated rings. The third-order valence-electron chi connectivity index (χ3n) is 5.81. The fourth-order valence-corrected chi connectivity index (χ4v) is 6.12. The number of hydrogen-bond donors (Lipinski definition) is 1. The van der Waals surface area contributed by atoms with E-state index in [4.69, 9.17) is 9.47 Å². The summed E-state index contributed by atoms with van der Waals surface area (Å²) >= 11 is 2.23. The van der Waals surface area contributed by atoms with Crippen molar-refractivity contribution in [3.8, 4) is 11.5 Å². The van der Waals surface area contributed by atoms with Gasteiger partial charge in [0.05, 0.1) is 44.4 Å². The van der Waals surface area contributed by atoms with E-state index in [1.165, 1.54) is 23.2 Å². The van der Waals surface area contributed by atoms with Gasteiger partial charge in [-0.15, -0.1) is 11.3 Å². The van der Waals surface area contributed by atoms with Crippen LogP contribution in [0.15, 0.2) is 42.2 Å². The molecule has 0 saturated heterocycles. The second kappa shape index (κ2) is 10.9. The Balaban J connectivity index is 1.91. The predicted octanol–water partition coefficient (Wildman–Crippen LogP) is 5.47. The fraction of sp³-hybridized carbons (Fsp3) is 0.296. The summed E-state index contributed by atoms with van der Waals surface area (Å²) in [7, 11) is 0. The molecule has 1 aliphatic heterocycles. The van der Waals surface area contributed by atoms with Crippen molar-refractivity contribution in [2.75, 3.05) is 18.1 Å². The molecule has 38 heavy (non-hydrogen) atoms. The number of aromatic nitrogens is 2. The molecule has 0 radical (unpaired) electrons. The number of anilines is 1. The molecule has 0 bridgehead atoms. The van der Waals surface area contributed by atoms with Crippen LogP contribution >= 0.6 is 22.7 Å². The maximum absolute atomic E-state index is 13.8. The Morgan fingerprint density at radius 2 is 1.82 bits per heavy atom. The summed E-state index contributed by atoms with van der Waals surface area (Å²) in [6, 6.07) is 4.03. The highest BCUT2D eigenvalue weighted by Gasteiger charge is 2.47. The molecule has 3 aromatic rings. The molecule has 0 spiro atoms. The Morgan fingerprint density at radius 1 is 1.11 bits per heavy atom. The molecule has 4 rings (SSSR count). The summed E-state index contributed by atoms with van der Waals surface area (Å²) in [5, 5.41) is 12.0. The van der Waals surface area contributed by atoms with Gasteiger partial charge < -0.3 is 14.6 Å². The Hall–Kier alpha value is -3.83. The number of carbonyl (C=O) groups is 3. The quantitative estimate of drug-likeness (QED) is 0.259. The third-order valence-corrected chi connectivity index (χ3v) is 8.14. The maximum Gasteiger partial charge on any atom is 0.296 e. The number of Topliss-reactive ketones (excluding diaryl/α,β-unsaturated/α-hetero) is 2. The SMILES string of the molecule is C=CCOc1ccc(C2C(C(=O)c3sc(C)nc3C)=C(O)C(=O)N2c2nc(C)c(C(C)=O)s2)cc1OCC. The summed E-state index contributed by atoms with van der Waals surface area (Å²) < 4.78 is 11.5. The number of ketones is 2. The van der Waals surface area contributed by atoms with E-state index >= 15 is 0 Å². The average molecular weight is 554 g/mol. The van der Waals surface area contributed by atoms with Crippen molar-refractivity contribution in [3.63, 3.8) is 0 Å². The minimum atomic E-state index is -1.03. The molecular formula is C27H27N3O6S2. The van der Waals surface area contributed by atoms with E-state index < -0.39 is 23.5 Å². The van der Waals surface area contributed by atoms with Gasteiger partial charge in [0.2, 0.25) is 5.78 Å². The second-order valence-electron chi connectivity index (χ2n) is 8.52. The van der Waals surface area contributed by atoms with E-state index in [1.807, 2.05) is 6.92 Å². The number of rotatable bonds is 10. The zero-order valence-corrected chi connectivity index (χ0v) is 23.3. The zero-order valence-electron chi connectivity index (χ0n) is 21.7. The minimum absolute atomic E-state index is 0.0961. The van der Waals surface area contributed by atoms with E-state index in [-0.39, 0.29) is 23.1 Å². The second-order valence-corrected chi connectivity index (χ2v) is 10.7. The van der Waals surface area contributed by atoms with Crippen LogP contribution in [-0.4, -0.2) is 45.8 Å². The molecule has 0 saturated carbocycles. The Morgan fingerprint density at radius 3 is 2.39 bits per heavy atom. The fourth-order valence-electron chi connectivity index (χ4n) is 4.26. The van der Waals surface area contributed by atoms with Gasteiger partial charge >= 0.3 is 0 Å². The maximum atomic E-state index is 13.8. The van der Waals surface area contributed by atoms with Crippen LogP contribution in [-0.2, 0) is 4.79 Å². The summed E-state index contributed by atoms with van der Waals surface area (Å²) in [5.41, 5.74) is 1.37. The molecule has 1 amide bonds. The lowest BCUT2D eigenvalue weighted by molar-refractivity contribution is -0.117. The van der Waals surface area contributed by atoms with Crippen molar-refractivity contribution in [1.82, 2.24) is 9.97 Å². The molecule has 1 aromatic carbocycles. The van der Waals surface area contributed by atoms with Crippen molar-refractivity contribution in [2.45, 2.75) is 40.7 Å². The molecule has 1 atom stereocenters. The molecule has 2 aromatic heterocycles. The van der Waals surface area contributed by atoms with Crippen LogP contribution in [0.3, 0.4) is 0 Å². The number of aryl methyl sites for hydroxylation is 3.